The number of phenols is 1. The van der Waals surface area contributed by atoms with Gasteiger partial charge >= 0.3 is 5.97 Å². The number of amides is 3. The molecule has 1 aliphatic rings. The average molecular weight is 696 g/mol. The number of phenolic OH excluding ortho intramolecular Hbond substituents is 1. The number of rotatable bonds is 11. The number of fused-ring (bicyclic) bond motifs is 3. The van der Waals surface area contributed by atoms with E-state index >= 15 is 0 Å². The molecule has 1 aliphatic heterocycles. The normalized spacial score (nSPS) is 13.7. The zero-order chi connectivity index (χ0) is 35.5. The van der Waals surface area contributed by atoms with Gasteiger partial charge in [0.25, 0.3) is 5.91 Å². The number of aromatic nitrogens is 2. The predicted molar refractivity (Wildman–Crippen MR) is 194 cm³/mol. The van der Waals surface area contributed by atoms with E-state index < -0.39 is 5.97 Å². The minimum atomic E-state index is -0.421. The highest BCUT2D eigenvalue weighted by atomic mass is 35.5. The highest BCUT2D eigenvalue weighted by molar-refractivity contribution is 6.19. The minimum absolute atomic E-state index is 0.0332. The van der Waals surface area contributed by atoms with Crippen molar-refractivity contribution in [3.8, 4) is 16.9 Å². The summed E-state index contributed by atoms with van der Waals surface area (Å²) >= 11 is 6.30. The molecule has 3 amide bonds. The van der Waals surface area contributed by atoms with Crippen molar-refractivity contribution in [3.05, 3.63) is 96.1 Å². The lowest BCUT2D eigenvalue weighted by Crippen LogP contribution is -2.29. The van der Waals surface area contributed by atoms with Crippen molar-refractivity contribution in [2.75, 3.05) is 35.1 Å². The van der Waals surface area contributed by atoms with Crippen LogP contribution in [0.1, 0.15) is 58.1 Å². The quantitative estimate of drug-likeness (QED) is 0.0791. The van der Waals surface area contributed by atoms with Crippen LogP contribution in [0.15, 0.2) is 79.1 Å². The fourth-order valence-electron chi connectivity index (χ4n) is 6.54. The Kier molecular flexibility index (Phi) is 9.96. The number of esters is 1. The number of anilines is 3. The first-order chi connectivity index (χ1) is 24.1. The van der Waals surface area contributed by atoms with E-state index in [1.165, 1.54) is 7.11 Å². The second-order valence-corrected chi connectivity index (χ2v) is 12.8. The van der Waals surface area contributed by atoms with E-state index in [9.17, 15) is 24.3 Å². The summed E-state index contributed by atoms with van der Waals surface area (Å²) in [6, 6.07) is 19.8. The van der Waals surface area contributed by atoms with Crippen molar-refractivity contribution >= 4 is 63.1 Å². The topological polar surface area (TPSA) is 135 Å². The number of halogens is 1. The summed E-state index contributed by atoms with van der Waals surface area (Å²) in [5.41, 5.74) is 5.26. The fraction of sp³-hybridized carbons (Fsp3) is 0.263. The largest absolute Gasteiger partial charge is 0.507 e. The summed E-state index contributed by atoms with van der Waals surface area (Å²) in [6.07, 6.45) is 4.99. The van der Waals surface area contributed by atoms with E-state index in [4.69, 9.17) is 16.3 Å². The van der Waals surface area contributed by atoms with Crippen LogP contribution in [0.5, 0.6) is 5.75 Å². The van der Waals surface area contributed by atoms with Crippen LogP contribution in [-0.2, 0) is 28.4 Å². The number of carbonyl (C=O) groups excluding carboxylic acids is 4. The maximum absolute atomic E-state index is 13.3. The van der Waals surface area contributed by atoms with E-state index in [1.54, 1.807) is 64.7 Å². The third-order valence-corrected chi connectivity index (χ3v) is 9.45. The number of aryl methyl sites for hydroxylation is 2. The Hall–Kier alpha value is -5.55. The third-order valence-electron chi connectivity index (χ3n) is 9.07. The van der Waals surface area contributed by atoms with Crippen molar-refractivity contribution in [2.45, 2.75) is 31.6 Å². The number of nitrogens with zero attached hydrogens (tertiary/aromatic N) is 3. The van der Waals surface area contributed by atoms with E-state index in [1.807, 2.05) is 42.6 Å². The summed E-state index contributed by atoms with van der Waals surface area (Å²) in [6.45, 7) is 0.452. The molecule has 0 aliphatic carbocycles. The molecule has 0 unspecified atom stereocenters. The van der Waals surface area contributed by atoms with Crippen molar-refractivity contribution in [1.82, 2.24) is 9.13 Å². The number of unbranched alkanes of at least 4 members (excludes halogenated alkanes) is 1. The third kappa shape index (κ3) is 6.95. The molecule has 11 nitrogen and oxygen atoms in total. The highest BCUT2D eigenvalue weighted by Gasteiger charge is 2.34. The Morgan fingerprint density at radius 1 is 0.840 bits per heavy atom. The lowest BCUT2D eigenvalue weighted by molar-refractivity contribution is -0.119. The van der Waals surface area contributed by atoms with Gasteiger partial charge in [0.15, 0.2) is 0 Å². The number of ether oxygens (including phenoxy) is 1. The van der Waals surface area contributed by atoms with Crippen molar-refractivity contribution in [3.63, 3.8) is 0 Å². The summed E-state index contributed by atoms with van der Waals surface area (Å²) in [4.78, 5) is 52.7. The molecule has 6 rings (SSSR count). The van der Waals surface area contributed by atoms with E-state index in [0.29, 0.717) is 53.7 Å². The first-order valence-electron chi connectivity index (χ1n) is 16.3. The molecule has 0 saturated carbocycles. The summed E-state index contributed by atoms with van der Waals surface area (Å²) in [5, 5.41) is 18.0. The smallest absolute Gasteiger partial charge is 0.354 e. The number of hydrogen-bond acceptors (Lipinski definition) is 6. The second-order valence-electron chi connectivity index (χ2n) is 12.5. The molecule has 0 spiro atoms. The minimum Gasteiger partial charge on any atom is -0.507 e. The Labute approximate surface area is 294 Å². The van der Waals surface area contributed by atoms with Crippen molar-refractivity contribution < 1.29 is 29.0 Å². The standard InChI is InChI=1S/C38H38ClN5O6/c1-42-20-24(16-32(42)38(49)50-3)23-12-14-26(15-13-23)41-37(48)31-17-27(22-43(31)2)40-34(46)10-6-7-11-35(47)44-21-25(19-39)36-29-9-5-4-8-28(29)33(45)18-30(36)44/h4-5,8-9,12-18,20,22,25,45H,6-7,10-11,19,21H2,1-3H3,(H,40,46)(H,41,48)/t25-/m1/s1. The highest BCUT2D eigenvalue weighted by Crippen LogP contribution is 2.45. The molecule has 12 heteroatoms. The number of methoxy groups -OCH3 is 1. The molecular formula is C38H38ClN5O6. The molecule has 3 N–H and O–H groups in total. The SMILES string of the molecule is COC(=O)c1cc(-c2ccc(NC(=O)c3cc(NC(=O)CCCCC(=O)N4C[C@@H](CCl)c5c4cc(O)c4ccccc54)cn3C)cc2)cn1C. The number of carbonyl (C=O) groups is 4. The first kappa shape index (κ1) is 34.3. The van der Waals surface area contributed by atoms with Crippen LogP contribution >= 0.6 is 11.6 Å². The maximum Gasteiger partial charge on any atom is 0.354 e. The molecule has 0 bridgehead atoms. The Morgan fingerprint density at radius 2 is 1.54 bits per heavy atom. The summed E-state index contributed by atoms with van der Waals surface area (Å²) in [5.74, 6) is -0.599. The monoisotopic (exact) mass is 695 g/mol. The number of hydrogen-bond donors (Lipinski definition) is 3. The van der Waals surface area contributed by atoms with Crippen LogP contribution in [0.3, 0.4) is 0 Å². The number of benzene rings is 3. The molecule has 0 fully saturated rings. The van der Waals surface area contributed by atoms with Gasteiger partial charge in [-0.1, -0.05) is 36.4 Å². The van der Waals surface area contributed by atoms with Crippen LogP contribution in [0.2, 0.25) is 0 Å². The van der Waals surface area contributed by atoms with Gasteiger partial charge in [0, 0.05) is 80.4 Å². The Morgan fingerprint density at radius 3 is 2.26 bits per heavy atom. The number of aromatic hydroxyl groups is 1. The lowest BCUT2D eigenvalue weighted by Gasteiger charge is -2.18. The van der Waals surface area contributed by atoms with Crippen molar-refractivity contribution in [2.24, 2.45) is 14.1 Å². The summed E-state index contributed by atoms with van der Waals surface area (Å²) in [7, 11) is 4.83. The molecule has 2 aromatic heterocycles. The van der Waals surface area contributed by atoms with Gasteiger partial charge in [-0.05, 0) is 53.6 Å². The average Bonchev–Trinajstić information content (AvgIpc) is 3.80. The number of nitrogens with one attached hydrogen (secondary N) is 2. The fourth-order valence-corrected chi connectivity index (χ4v) is 6.79. The first-order valence-corrected chi connectivity index (χ1v) is 16.8. The molecule has 1 atom stereocenters. The molecule has 50 heavy (non-hydrogen) atoms. The molecule has 5 aromatic rings. The van der Waals surface area contributed by atoms with E-state index in [-0.39, 0.29) is 42.2 Å². The predicted octanol–water partition coefficient (Wildman–Crippen LogP) is 6.80. The van der Waals surface area contributed by atoms with Crippen LogP contribution in [0.25, 0.3) is 21.9 Å². The van der Waals surface area contributed by atoms with Gasteiger partial charge in [-0.15, -0.1) is 11.6 Å². The van der Waals surface area contributed by atoms with Crippen LogP contribution in [0, 0.1) is 0 Å². The van der Waals surface area contributed by atoms with Gasteiger partial charge in [-0.3, -0.25) is 14.4 Å². The van der Waals surface area contributed by atoms with Crippen LogP contribution in [-0.4, -0.2) is 57.5 Å². The molecule has 258 valence electrons. The Bertz CT molecular complexity index is 2100. The zero-order valence-electron chi connectivity index (χ0n) is 28.0. The molecular weight excluding hydrogens is 658 g/mol. The van der Waals surface area contributed by atoms with Crippen LogP contribution in [0.4, 0.5) is 17.1 Å². The van der Waals surface area contributed by atoms with Gasteiger partial charge in [-0.2, -0.15) is 0 Å². The van der Waals surface area contributed by atoms with Crippen LogP contribution < -0.4 is 15.5 Å². The molecule has 3 aromatic carbocycles. The second kappa shape index (κ2) is 14.5. The van der Waals surface area contributed by atoms with Crippen molar-refractivity contribution in [1.29, 1.82) is 0 Å². The van der Waals surface area contributed by atoms with Gasteiger partial charge in [0.1, 0.15) is 17.1 Å². The van der Waals surface area contributed by atoms with E-state index in [0.717, 1.165) is 27.5 Å². The van der Waals surface area contributed by atoms with Gasteiger partial charge < -0.3 is 34.5 Å². The maximum atomic E-state index is 13.3. The van der Waals surface area contributed by atoms with E-state index in [2.05, 4.69) is 10.6 Å². The Balaban J connectivity index is 0.992. The molecule has 3 heterocycles. The lowest BCUT2D eigenvalue weighted by atomic mass is 9.95. The number of alkyl halides is 1. The van der Waals surface area contributed by atoms with Gasteiger partial charge in [0.2, 0.25) is 11.8 Å². The molecule has 0 saturated heterocycles. The van der Waals surface area contributed by atoms with Gasteiger partial charge in [0.05, 0.1) is 18.5 Å². The summed E-state index contributed by atoms with van der Waals surface area (Å²) < 4.78 is 8.16. The van der Waals surface area contributed by atoms with Gasteiger partial charge in [-0.25, -0.2) is 4.79 Å². The molecule has 0 radical (unpaired) electrons. The zero-order valence-corrected chi connectivity index (χ0v) is 28.8.